The zero-order valence-corrected chi connectivity index (χ0v) is 12.2. The monoisotopic (exact) mass is 319 g/mol. The van der Waals surface area contributed by atoms with E-state index in [4.69, 9.17) is 0 Å². The Balaban J connectivity index is 2.38. The smallest absolute Gasteiger partial charge is 0.311 e. The van der Waals surface area contributed by atoms with E-state index in [9.17, 15) is 27.1 Å². The van der Waals surface area contributed by atoms with E-state index in [-0.39, 0.29) is 25.9 Å². The van der Waals surface area contributed by atoms with E-state index in [1.54, 1.807) is 6.92 Å². The van der Waals surface area contributed by atoms with Crippen molar-refractivity contribution in [2.45, 2.75) is 24.7 Å². The van der Waals surface area contributed by atoms with Gasteiger partial charge in [0.2, 0.25) is 10.0 Å². The van der Waals surface area contributed by atoms with Gasteiger partial charge in [-0.2, -0.15) is 4.31 Å². The summed E-state index contributed by atoms with van der Waals surface area (Å²) in [6.07, 6.45) is 0.412. The van der Waals surface area contributed by atoms with Crippen molar-refractivity contribution in [2.75, 3.05) is 13.1 Å². The minimum absolute atomic E-state index is 0.0293. The molecule has 0 saturated carbocycles. The Morgan fingerprint density at radius 2 is 2.10 bits per heavy atom. The summed E-state index contributed by atoms with van der Waals surface area (Å²) in [6, 6.07) is 2.17. The molecule has 1 atom stereocenters. The number of rotatable bonds is 4. The number of carboxylic acids is 1. The molecule has 2 rings (SSSR count). The van der Waals surface area contributed by atoms with Crippen molar-refractivity contribution in [1.29, 1.82) is 0 Å². The fourth-order valence-corrected chi connectivity index (χ4v) is 4.07. The van der Waals surface area contributed by atoms with Gasteiger partial charge in [-0.05, 0) is 31.0 Å². The lowest BCUT2D eigenvalue weighted by Gasteiger charge is -2.23. The van der Waals surface area contributed by atoms with Crippen LogP contribution in [-0.2, 0) is 14.8 Å². The molecule has 5 nitrogen and oxygen atoms in total. The molecule has 1 fully saturated rings. The largest absolute Gasteiger partial charge is 0.481 e. The SMILES string of the molecule is CCC1(C(=O)O)CCN(S(=O)(=O)c2cc(F)ccc2F)C1. The molecule has 1 aromatic rings. The van der Waals surface area contributed by atoms with Crippen LogP contribution in [0.5, 0.6) is 0 Å². The van der Waals surface area contributed by atoms with Crippen LogP contribution in [-0.4, -0.2) is 36.9 Å². The third-order valence-corrected chi connectivity index (χ3v) is 5.82. The number of hydrogen-bond acceptors (Lipinski definition) is 3. The lowest BCUT2D eigenvalue weighted by molar-refractivity contribution is -0.148. The summed E-state index contributed by atoms with van der Waals surface area (Å²) < 4.78 is 52.5. The summed E-state index contributed by atoms with van der Waals surface area (Å²) in [5, 5.41) is 9.26. The zero-order chi connectivity index (χ0) is 15.8. The molecule has 0 bridgehead atoms. The van der Waals surface area contributed by atoms with Gasteiger partial charge in [-0.15, -0.1) is 0 Å². The molecule has 1 unspecified atom stereocenters. The van der Waals surface area contributed by atoms with E-state index in [2.05, 4.69) is 0 Å². The Bertz CT molecular complexity index is 677. The molecule has 116 valence electrons. The van der Waals surface area contributed by atoms with Crippen LogP contribution in [0.2, 0.25) is 0 Å². The normalized spacial score (nSPS) is 23.4. The summed E-state index contributed by atoms with van der Waals surface area (Å²) in [6.45, 7) is 1.39. The summed E-state index contributed by atoms with van der Waals surface area (Å²) in [7, 11) is -4.25. The second-order valence-corrected chi connectivity index (χ2v) is 7.01. The number of carboxylic acid groups (broad SMARTS) is 1. The second kappa shape index (κ2) is 5.34. The van der Waals surface area contributed by atoms with Gasteiger partial charge < -0.3 is 5.11 Å². The minimum Gasteiger partial charge on any atom is -0.481 e. The molecule has 21 heavy (non-hydrogen) atoms. The third-order valence-electron chi connectivity index (χ3n) is 3.96. The van der Waals surface area contributed by atoms with Crippen molar-refractivity contribution in [1.82, 2.24) is 4.31 Å². The van der Waals surface area contributed by atoms with Gasteiger partial charge in [0.15, 0.2) is 0 Å². The quantitative estimate of drug-likeness (QED) is 0.919. The van der Waals surface area contributed by atoms with Gasteiger partial charge in [-0.3, -0.25) is 4.79 Å². The lowest BCUT2D eigenvalue weighted by atomic mass is 9.85. The van der Waals surface area contributed by atoms with Gasteiger partial charge in [-0.25, -0.2) is 17.2 Å². The molecular formula is C13H15F2NO4S. The molecule has 1 aliphatic heterocycles. The van der Waals surface area contributed by atoms with Crippen molar-refractivity contribution in [2.24, 2.45) is 5.41 Å². The number of carbonyl (C=O) groups is 1. The fraction of sp³-hybridized carbons (Fsp3) is 0.462. The van der Waals surface area contributed by atoms with Gasteiger partial charge in [0.05, 0.1) is 5.41 Å². The number of sulfonamides is 1. The Morgan fingerprint density at radius 1 is 1.43 bits per heavy atom. The highest BCUT2D eigenvalue weighted by Crippen LogP contribution is 2.37. The molecule has 1 N–H and O–H groups in total. The Hall–Kier alpha value is -1.54. The van der Waals surface area contributed by atoms with Crippen molar-refractivity contribution in [3.63, 3.8) is 0 Å². The van der Waals surface area contributed by atoms with Crippen LogP contribution in [0.15, 0.2) is 23.1 Å². The first kappa shape index (κ1) is 15.8. The van der Waals surface area contributed by atoms with E-state index in [1.807, 2.05) is 0 Å². The molecular weight excluding hydrogens is 304 g/mol. The molecule has 0 amide bonds. The summed E-state index contributed by atoms with van der Waals surface area (Å²) in [5.74, 6) is -3.00. The third kappa shape index (κ3) is 2.65. The Morgan fingerprint density at radius 3 is 2.62 bits per heavy atom. The maximum absolute atomic E-state index is 13.7. The van der Waals surface area contributed by atoms with Crippen molar-refractivity contribution in [3.05, 3.63) is 29.8 Å². The first-order chi connectivity index (χ1) is 9.73. The average molecular weight is 319 g/mol. The average Bonchev–Trinajstić information content (AvgIpc) is 2.88. The molecule has 0 spiro atoms. The van der Waals surface area contributed by atoms with Crippen molar-refractivity contribution >= 4 is 16.0 Å². The number of nitrogens with zero attached hydrogens (tertiary/aromatic N) is 1. The first-order valence-electron chi connectivity index (χ1n) is 6.41. The number of benzene rings is 1. The Labute approximate surface area is 121 Å². The van der Waals surface area contributed by atoms with Crippen LogP contribution < -0.4 is 0 Å². The minimum atomic E-state index is -4.25. The maximum atomic E-state index is 13.7. The van der Waals surface area contributed by atoms with Crippen LogP contribution >= 0.6 is 0 Å². The van der Waals surface area contributed by atoms with Crippen LogP contribution in [0.1, 0.15) is 19.8 Å². The summed E-state index contributed by atoms with van der Waals surface area (Å²) >= 11 is 0. The highest BCUT2D eigenvalue weighted by atomic mass is 32.2. The van der Waals surface area contributed by atoms with Gasteiger partial charge in [0.1, 0.15) is 16.5 Å². The topological polar surface area (TPSA) is 74.7 Å². The van der Waals surface area contributed by atoms with Gasteiger partial charge >= 0.3 is 5.97 Å². The first-order valence-corrected chi connectivity index (χ1v) is 7.85. The van der Waals surface area contributed by atoms with E-state index in [0.717, 1.165) is 16.4 Å². The lowest BCUT2D eigenvalue weighted by Crippen LogP contribution is -2.36. The van der Waals surface area contributed by atoms with E-state index >= 15 is 0 Å². The Kier molecular flexibility index (Phi) is 4.03. The van der Waals surface area contributed by atoms with Crippen LogP contribution in [0.3, 0.4) is 0 Å². The van der Waals surface area contributed by atoms with Crippen LogP contribution in [0.4, 0.5) is 8.78 Å². The van der Waals surface area contributed by atoms with Crippen LogP contribution in [0.25, 0.3) is 0 Å². The van der Waals surface area contributed by atoms with E-state index < -0.39 is 37.9 Å². The molecule has 0 aliphatic carbocycles. The van der Waals surface area contributed by atoms with Gasteiger partial charge in [0.25, 0.3) is 0 Å². The predicted molar refractivity (Wildman–Crippen MR) is 70.1 cm³/mol. The maximum Gasteiger partial charge on any atom is 0.311 e. The highest BCUT2D eigenvalue weighted by molar-refractivity contribution is 7.89. The molecule has 1 aromatic carbocycles. The fourth-order valence-electron chi connectivity index (χ4n) is 2.47. The van der Waals surface area contributed by atoms with E-state index in [0.29, 0.717) is 6.07 Å². The molecule has 8 heteroatoms. The molecule has 0 aromatic heterocycles. The van der Waals surface area contributed by atoms with Gasteiger partial charge in [0, 0.05) is 13.1 Å². The number of aliphatic carboxylic acids is 1. The molecule has 1 heterocycles. The van der Waals surface area contributed by atoms with Gasteiger partial charge in [-0.1, -0.05) is 6.92 Å². The standard InChI is InChI=1S/C13H15F2NO4S/c1-2-13(12(17)18)5-6-16(8-13)21(19,20)11-7-9(14)3-4-10(11)15/h3-4,7H,2,5-6,8H2,1H3,(H,17,18). The summed E-state index contributed by atoms with van der Waals surface area (Å²) in [4.78, 5) is 10.6. The highest BCUT2D eigenvalue weighted by Gasteiger charge is 2.47. The zero-order valence-electron chi connectivity index (χ0n) is 11.3. The number of hydrogen-bond donors (Lipinski definition) is 1. The van der Waals surface area contributed by atoms with E-state index in [1.165, 1.54) is 0 Å². The predicted octanol–water partition coefficient (Wildman–Crippen LogP) is 1.84. The molecule has 1 saturated heterocycles. The van der Waals surface area contributed by atoms with Crippen molar-refractivity contribution in [3.8, 4) is 0 Å². The second-order valence-electron chi connectivity index (χ2n) is 5.10. The molecule has 1 aliphatic rings. The number of halogens is 2. The van der Waals surface area contributed by atoms with Crippen molar-refractivity contribution < 1.29 is 27.1 Å². The van der Waals surface area contributed by atoms with Crippen LogP contribution in [0, 0.1) is 17.0 Å². The summed E-state index contributed by atoms with van der Waals surface area (Å²) in [5.41, 5.74) is -1.17. The molecule has 0 radical (unpaired) electrons.